The number of thiol groups is 1. The van der Waals surface area contributed by atoms with E-state index < -0.39 is 12.0 Å². The van der Waals surface area contributed by atoms with Crippen LogP contribution in [0.1, 0.15) is 36.2 Å². The molecule has 0 aliphatic heterocycles. The zero-order chi connectivity index (χ0) is 15.3. The number of rotatable bonds is 7. The molecule has 1 rings (SSSR count). The molecule has 4 nitrogen and oxygen atoms in total. The van der Waals surface area contributed by atoms with Gasteiger partial charge in [0.05, 0.1) is 11.6 Å². The number of anilines is 1. The fourth-order valence-corrected chi connectivity index (χ4v) is 2.28. The third-order valence-electron chi connectivity index (χ3n) is 3.07. The van der Waals surface area contributed by atoms with Crippen molar-refractivity contribution in [2.45, 2.75) is 33.2 Å². The second-order valence-electron chi connectivity index (χ2n) is 5.23. The predicted molar refractivity (Wildman–Crippen MR) is 83.9 cm³/mol. The highest BCUT2D eigenvalue weighted by Crippen LogP contribution is 2.21. The van der Waals surface area contributed by atoms with Crippen molar-refractivity contribution in [1.29, 1.82) is 0 Å². The number of carbonyl (C=O) groups excluding carboxylic acids is 1. The molecular formula is C15H21NO3S. The molecule has 0 aromatic heterocycles. The van der Waals surface area contributed by atoms with Gasteiger partial charge in [-0.2, -0.15) is 12.6 Å². The molecule has 0 amide bonds. The van der Waals surface area contributed by atoms with Gasteiger partial charge in [-0.3, -0.25) is 4.79 Å². The molecule has 0 fully saturated rings. The molecule has 1 unspecified atom stereocenters. The number of nitrogens with one attached hydrogen (secondary N) is 1. The lowest BCUT2D eigenvalue weighted by Gasteiger charge is -2.20. The van der Waals surface area contributed by atoms with E-state index in [-0.39, 0.29) is 17.3 Å². The van der Waals surface area contributed by atoms with E-state index in [0.717, 1.165) is 0 Å². The number of aromatic carboxylic acids is 1. The molecule has 0 aliphatic carbocycles. The SMILES string of the molecule is Cc1c(NC(CS)C(=O)CC(C)C)cccc1C(=O)O. The minimum atomic E-state index is -0.970. The zero-order valence-electron chi connectivity index (χ0n) is 12.0. The molecule has 0 saturated carbocycles. The minimum Gasteiger partial charge on any atom is -0.478 e. The number of ketones is 1. The van der Waals surface area contributed by atoms with Crippen LogP contribution in [0.4, 0.5) is 5.69 Å². The van der Waals surface area contributed by atoms with Crippen molar-refractivity contribution < 1.29 is 14.7 Å². The summed E-state index contributed by atoms with van der Waals surface area (Å²) in [5.41, 5.74) is 1.54. The molecule has 1 aromatic carbocycles. The lowest BCUT2D eigenvalue weighted by atomic mass is 10.0. The summed E-state index contributed by atoms with van der Waals surface area (Å²) in [7, 11) is 0. The Kier molecular flexibility index (Phi) is 6.07. The van der Waals surface area contributed by atoms with E-state index in [0.29, 0.717) is 23.4 Å². The first-order valence-corrected chi connectivity index (χ1v) is 7.23. The summed E-state index contributed by atoms with van der Waals surface area (Å²) >= 11 is 4.21. The summed E-state index contributed by atoms with van der Waals surface area (Å²) in [6, 6.07) is 4.60. The Hall–Kier alpha value is -1.49. The van der Waals surface area contributed by atoms with Gasteiger partial charge >= 0.3 is 5.97 Å². The molecule has 1 aromatic rings. The summed E-state index contributed by atoms with van der Waals surface area (Å²) in [5.74, 6) is -0.210. The summed E-state index contributed by atoms with van der Waals surface area (Å²) in [6.45, 7) is 5.71. The van der Waals surface area contributed by atoms with Crippen molar-refractivity contribution in [1.82, 2.24) is 0 Å². The standard InChI is InChI=1S/C15H21NO3S/c1-9(2)7-14(17)13(8-20)16-12-6-4-5-11(10(12)3)15(18)19/h4-6,9,13,16,20H,7-8H2,1-3H3,(H,18,19). The van der Waals surface area contributed by atoms with Crippen LogP contribution in [-0.2, 0) is 4.79 Å². The third-order valence-corrected chi connectivity index (χ3v) is 3.44. The van der Waals surface area contributed by atoms with Crippen LogP contribution in [0.5, 0.6) is 0 Å². The van der Waals surface area contributed by atoms with E-state index in [1.165, 1.54) is 0 Å². The lowest BCUT2D eigenvalue weighted by molar-refractivity contribution is -0.120. The first-order chi connectivity index (χ1) is 9.36. The molecule has 0 bridgehead atoms. The smallest absolute Gasteiger partial charge is 0.336 e. The molecule has 0 radical (unpaired) electrons. The largest absolute Gasteiger partial charge is 0.478 e. The van der Waals surface area contributed by atoms with E-state index in [2.05, 4.69) is 17.9 Å². The molecule has 0 aliphatic rings. The van der Waals surface area contributed by atoms with Gasteiger partial charge in [-0.15, -0.1) is 0 Å². The van der Waals surface area contributed by atoms with Crippen LogP contribution in [0.15, 0.2) is 18.2 Å². The van der Waals surface area contributed by atoms with E-state index in [1.807, 2.05) is 13.8 Å². The molecule has 1 atom stereocenters. The van der Waals surface area contributed by atoms with Gasteiger partial charge in [0.1, 0.15) is 0 Å². The van der Waals surface area contributed by atoms with Gasteiger partial charge in [-0.1, -0.05) is 19.9 Å². The topological polar surface area (TPSA) is 66.4 Å². The van der Waals surface area contributed by atoms with Gasteiger partial charge < -0.3 is 10.4 Å². The van der Waals surface area contributed by atoms with Crippen LogP contribution in [0.25, 0.3) is 0 Å². The van der Waals surface area contributed by atoms with Crippen LogP contribution in [0, 0.1) is 12.8 Å². The van der Waals surface area contributed by atoms with Crippen molar-refractivity contribution in [3.63, 3.8) is 0 Å². The van der Waals surface area contributed by atoms with Gasteiger partial charge in [0.25, 0.3) is 0 Å². The maximum Gasteiger partial charge on any atom is 0.336 e. The van der Waals surface area contributed by atoms with E-state index >= 15 is 0 Å². The van der Waals surface area contributed by atoms with Crippen LogP contribution < -0.4 is 5.32 Å². The van der Waals surface area contributed by atoms with Crippen molar-refractivity contribution in [3.8, 4) is 0 Å². The highest BCUT2D eigenvalue weighted by molar-refractivity contribution is 7.80. The monoisotopic (exact) mass is 295 g/mol. The Bertz CT molecular complexity index is 500. The average molecular weight is 295 g/mol. The van der Waals surface area contributed by atoms with E-state index in [9.17, 15) is 9.59 Å². The first kappa shape index (κ1) is 16.6. The first-order valence-electron chi connectivity index (χ1n) is 6.59. The molecule has 0 heterocycles. The Morgan fingerprint density at radius 3 is 2.50 bits per heavy atom. The second-order valence-corrected chi connectivity index (χ2v) is 5.59. The summed E-state index contributed by atoms with van der Waals surface area (Å²) in [4.78, 5) is 23.2. The highest BCUT2D eigenvalue weighted by Gasteiger charge is 2.19. The number of carboxylic acids is 1. The Morgan fingerprint density at radius 2 is 2.00 bits per heavy atom. The van der Waals surface area contributed by atoms with Crippen LogP contribution >= 0.6 is 12.6 Å². The Labute approximate surface area is 125 Å². The number of hydrogen-bond donors (Lipinski definition) is 3. The van der Waals surface area contributed by atoms with E-state index in [4.69, 9.17) is 5.11 Å². The predicted octanol–water partition coefficient (Wildman–Crippen LogP) is 3.02. The molecule has 0 saturated heterocycles. The quantitative estimate of drug-likeness (QED) is 0.677. The average Bonchev–Trinajstić information content (AvgIpc) is 2.36. The third kappa shape index (κ3) is 4.27. The number of benzene rings is 1. The molecule has 0 spiro atoms. The number of carboxylic acid groups (broad SMARTS) is 1. The normalized spacial score (nSPS) is 12.2. The van der Waals surface area contributed by atoms with Crippen molar-refractivity contribution in [3.05, 3.63) is 29.3 Å². The van der Waals surface area contributed by atoms with Gasteiger partial charge in [-0.25, -0.2) is 4.79 Å². The van der Waals surface area contributed by atoms with E-state index in [1.54, 1.807) is 25.1 Å². The molecule has 5 heteroatoms. The maximum absolute atomic E-state index is 12.1. The molecule has 2 N–H and O–H groups in total. The number of hydrogen-bond acceptors (Lipinski definition) is 4. The Morgan fingerprint density at radius 1 is 1.35 bits per heavy atom. The minimum absolute atomic E-state index is 0.0927. The molecule has 110 valence electrons. The molecule has 20 heavy (non-hydrogen) atoms. The van der Waals surface area contributed by atoms with Gasteiger partial charge in [0, 0.05) is 17.9 Å². The fraction of sp³-hybridized carbons (Fsp3) is 0.467. The second kappa shape index (κ2) is 7.33. The van der Waals surface area contributed by atoms with Crippen LogP contribution in [-0.4, -0.2) is 28.7 Å². The fourth-order valence-electron chi connectivity index (χ4n) is 1.98. The van der Waals surface area contributed by atoms with Crippen LogP contribution in [0.3, 0.4) is 0 Å². The number of carbonyl (C=O) groups is 2. The summed E-state index contributed by atoms with van der Waals surface area (Å²) in [6.07, 6.45) is 0.482. The summed E-state index contributed by atoms with van der Waals surface area (Å²) in [5, 5.41) is 12.2. The summed E-state index contributed by atoms with van der Waals surface area (Å²) < 4.78 is 0. The highest BCUT2D eigenvalue weighted by atomic mass is 32.1. The molecular weight excluding hydrogens is 274 g/mol. The van der Waals surface area contributed by atoms with Crippen LogP contribution in [0.2, 0.25) is 0 Å². The number of Topliss-reactive ketones (excluding diaryl/α,β-unsaturated/α-hetero) is 1. The van der Waals surface area contributed by atoms with Gasteiger partial charge in [-0.05, 0) is 30.5 Å². The van der Waals surface area contributed by atoms with Crippen molar-refractivity contribution >= 4 is 30.1 Å². The lowest BCUT2D eigenvalue weighted by Crippen LogP contribution is -2.32. The van der Waals surface area contributed by atoms with Gasteiger partial charge in [0.15, 0.2) is 5.78 Å². The maximum atomic E-state index is 12.1. The Balaban J connectivity index is 2.93. The zero-order valence-corrected chi connectivity index (χ0v) is 12.9. The van der Waals surface area contributed by atoms with Crippen molar-refractivity contribution in [2.75, 3.05) is 11.1 Å². The van der Waals surface area contributed by atoms with Gasteiger partial charge in [0.2, 0.25) is 0 Å². The van der Waals surface area contributed by atoms with Crippen molar-refractivity contribution in [2.24, 2.45) is 5.92 Å².